The fourth-order valence-corrected chi connectivity index (χ4v) is 2.10. The first-order valence-electron chi connectivity index (χ1n) is 6.40. The Hall–Kier alpha value is -1.33. The van der Waals surface area contributed by atoms with Gasteiger partial charge in [0.05, 0.1) is 7.11 Å². The van der Waals surface area contributed by atoms with Crippen molar-refractivity contribution >= 4 is 49.3 Å². The van der Waals surface area contributed by atoms with Gasteiger partial charge in [-0.2, -0.15) is 0 Å². The van der Waals surface area contributed by atoms with E-state index in [2.05, 4.69) is 4.74 Å². The van der Waals surface area contributed by atoms with Crippen LogP contribution in [0.1, 0.15) is 20.3 Å². The Labute approximate surface area is 122 Å². The molecule has 0 aromatic rings. The molecule has 0 radical (unpaired) electrons. The van der Waals surface area contributed by atoms with E-state index in [-0.39, 0.29) is 6.42 Å². The minimum absolute atomic E-state index is 0.270. The lowest BCUT2D eigenvalue weighted by molar-refractivity contribution is -0.166. The summed E-state index contributed by atoms with van der Waals surface area (Å²) in [7, 11) is 8.00. The number of hydrogen-bond donors (Lipinski definition) is 0. The average Bonchev–Trinajstić information content (AvgIpc) is 2.23. The summed E-state index contributed by atoms with van der Waals surface area (Å²) in [6.07, 6.45) is -0.699. The van der Waals surface area contributed by atoms with E-state index in [1.807, 2.05) is 0 Å². The first-order chi connectivity index (χ1) is 8.91. The van der Waals surface area contributed by atoms with E-state index in [0.717, 1.165) is 0 Å². The summed E-state index contributed by atoms with van der Waals surface area (Å²) in [6, 6.07) is 0. The Morgan fingerprint density at radius 3 is 2.05 bits per heavy atom. The molecule has 0 aliphatic rings. The summed E-state index contributed by atoms with van der Waals surface area (Å²) >= 11 is 0. The third-order valence-corrected chi connectivity index (χ3v) is 2.66. The molecule has 0 aromatic heterocycles. The zero-order valence-electron chi connectivity index (χ0n) is 13.2. The summed E-state index contributed by atoms with van der Waals surface area (Å²) in [5, 5.41) is -1.70. The molecule has 0 saturated carbocycles. The Kier molecular flexibility index (Phi) is 6.44. The second kappa shape index (κ2) is 6.90. The molecule has 0 aliphatic carbocycles. The van der Waals surface area contributed by atoms with Gasteiger partial charge in [0.2, 0.25) is 0 Å². The lowest BCUT2D eigenvalue weighted by atomic mass is 9.45. The van der Waals surface area contributed by atoms with E-state index in [1.54, 1.807) is 31.4 Å². The quantitative estimate of drug-likeness (QED) is 0.283. The number of carbonyl (C=O) groups is 3. The van der Waals surface area contributed by atoms with Crippen molar-refractivity contribution in [1.29, 1.82) is 0 Å². The van der Waals surface area contributed by atoms with Crippen molar-refractivity contribution in [2.24, 2.45) is 0 Å². The molecule has 0 rings (SSSR count). The Bertz CT molecular complexity index is 395. The summed E-state index contributed by atoms with van der Waals surface area (Å²) in [5.74, 6) is -1.58. The average molecular weight is 280 g/mol. The largest absolute Gasteiger partial charge is 0.478 e. The molecule has 20 heavy (non-hydrogen) atoms. The normalized spacial score (nSPS) is 13.2. The predicted octanol–water partition coefficient (Wildman–Crippen LogP) is -3.65. The van der Waals surface area contributed by atoms with Gasteiger partial charge in [0, 0.05) is 17.5 Å². The first-order valence-corrected chi connectivity index (χ1v) is 6.40. The van der Waals surface area contributed by atoms with Gasteiger partial charge in [-0.3, -0.25) is 9.59 Å². The van der Waals surface area contributed by atoms with Crippen molar-refractivity contribution in [2.75, 3.05) is 7.11 Å². The number of methoxy groups -OCH3 is 1. The fourth-order valence-electron chi connectivity index (χ4n) is 2.10. The summed E-state index contributed by atoms with van der Waals surface area (Å²) < 4.78 is 14.7. The molecule has 10 heteroatoms. The maximum Gasteiger partial charge on any atom is 0.346 e. The first kappa shape index (κ1) is 18.7. The van der Waals surface area contributed by atoms with Gasteiger partial charge in [-0.25, -0.2) is 4.79 Å². The number of rotatable bonds is 6. The standard InChI is InChI=1S/C10H20B4O6/c1-5(7(16)18-3)19-8(17)9(11,12)4-10(13,14)20-6(2)15/h5H,4,11-14H2,1-3H3/t5-/m0/s1. The molecular formula is C10H20B4O6. The zero-order valence-corrected chi connectivity index (χ0v) is 13.2. The van der Waals surface area contributed by atoms with Gasteiger partial charge in [0.1, 0.15) is 31.4 Å². The second-order valence-corrected chi connectivity index (χ2v) is 5.98. The van der Waals surface area contributed by atoms with Crippen LogP contribution in [0.2, 0.25) is 5.21 Å². The molecule has 0 N–H and O–H groups in total. The van der Waals surface area contributed by atoms with Crippen molar-refractivity contribution in [3.63, 3.8) is 0 Å². The van der Waals surface area contributed by atoms with Crippen LogP contribution >= 0.6 is 0 Å². The lowest BCUT2D eigenvalue weighted by Crippen LogP contribution is -2.44. The van der Waals surface area contributed by atoms with Crippen LogP contribution in [-0.2, 0) is 28.6 Å². The summed E-state index contributed by atoms with van der Waals surface area (Å²) in [6.45, 7) is 2.75. The van der Waals surface area contributed by atoms with Crippen LogP contribution in [0, 0.1) is 0 Å². The third kappa shape index (κ3) is 6.21. The SMILES string of the molecule is BC(B)(CC(B)(B)C(=O)O[C@@H](C)C(=O)OC)OC(C)=O. The van der Waals surface area contributed by atoms with Gasteiger partial charge in [-0.1, -0.05) is 0 Å². The number of esters is 3. The van der Waals surface area contributed by atoms with Crippen LogP contribution in [0.3, 0.4) is 0 Å². The Morgan fingerprint density at radius 1 is 1.15 bits per heavy atom. The van der Waals surface area contributed by atoms with E-state index in [0.29, 0.717) is 0 Å². The van der Waals surface area contributed by atoms with Crippen molar-refractivity contribution in [1.82, 2.24) is 0 Å². The number of carbonyl (C=O) groups excluding carboxylic acids is 3. The van der Waals surface area contributed by atoms with Gasteiger partial charge in [0.25, 0.3) is 5.97 Å². The maximum absolute atomic E-state index is 12.1. The van der Waals surface area contributed by atoms with Crippen molar-refractivity contribution < 1.29 is 28.6 Å². The van der Waals surface area contributed by atoms with Gasteiger partial charge >= 0.3 is 11.9 Å². The summed E-state index contributed by atoms with van der Waals surface area (Å²) in [5.41, 5.74) is 0. The van der Waals surface area contributed by atoms with Gasteiger partial charge < -0.3 is 14.2 Å². The van der Waals surface area contributed by atoms with E-state index in [1.165, 1.54) is 21.0 Å². The monoisotopic (exact) mass is 280 g/mol. The number of ether oxygens (including phenoxy) is 3. The molecule has 0 bridgehead atoms. The molecule has 108 valence electrons. The molecule has 6 nitrogen and oxygen atoms in total. The van der Waals surface area contributed by atoms with Crippen LogP contribution in [0.15, 0.2) is 0 Å². The van der Waals surface area contributed by atoms with E-state index in [9.17, 15) is 14.4 Å². The molecule has 0 heterocycles. The molecule has 0 saturated heterocycles. The van der Waals surface area contributed by atoms with Crippen LogP contribution in [-0.4, -0.2) is 67.9 Å². The predicted molar refractivity (Wildman–Crippen MR) is 83.6 cm³/mol. The highest BCUT2D eigenvalue weighted by molar-refractivity contribution is 6.51. The van der Waals surface area contributed by atoms with Crippen LogP contribution < -0.4 is 0 Å². The van der Waals surface area contributed by atoms with Crippen molar-refractivity contribution in [3.05, 3.63) is 0 Å². The van der Waals surface area contributed by atoms with E-state index in [4.69, 9.17) is 9.47 Å². The molecule has 0 aliphatic heterocycles. The van der Waals surface area contributed by atoms with Crippen molar-refractivity contribution in [3.8, 4) is 0 Å². The van der Waals surface area contributed by atoms with Gasteiger partial charge in [-0.05, 0) is 13.3 Å². The fraction of sp³-hybridized carbons (Fsp3) is 0.700. The van der Waals surface area contributed by atoms with Crippen molar-refractivity contribution in [2.45, 2.75) is 37.0 Å². The molecular weight excluding hydrogens is 259 g/mol. The van der Waals surface area contributed by atoms with Crippen LogP contribution in [0.4, 0.5) is 0 Å². The molecule has 0 fully saturated rings. The molecule has 0 aromatic carbocycles. The highest BCUT2D eigenvalue weighted by Crippen LogP contribution is 2.30. The maximum atomic E-state index is 12.1. The zero-order chi connectivity index (χ0) is 16.1. The molecule has 1 atom stereocenters. The second-order valence-electron chi connectivity index (χ2n) is 5.98. The van der Waals surface area contributed by atoms with Gasteiger partial charge in [0.15, 0.2) is 6.10 Å². The summed E-state index contributed by atoms with van der Waals surface area (Å²) in [4.78, 5) is 34.3. The minimum Gasteiger partial charge on any atom is -0.478 e. The molecule has 0 unspecified atom stereocenters. The van der Waals surface area contributed by atoms with Crippen LogP contribution in [0.5, 0.6) is 0 Å². The number of hydrogen-bond acceptors (Lipinski definition) is 6. The van der Waals surface area contributed by atoms with Gasteiger partial charge in [-0.15, -0.1) is 0 Å². The van der Waals surface area contributed by atoms with E-state index >= 15 is 0 Å². The smallest absolute Gasteiger partial charge is 0.346 e. The minimum atomic E-state index is -0.969. The topological polar surface area (TPSA) is 78.9 Å². The molecule has 0 spiro atoms. The lowest BCUT2D eigenvalue weighted by Gasteiger charge is -2.33. The third-order valence-electron chi connectivity index (χ3n) is 2.66. The van der Waals surface area contributed by atoms with E-state index < -0.39 is 34.6 Å². The Balaban J connectivity index is 4.75. The molecule has 0 amide bonds. The Morgan fingerprint density at radius 2 is 1.65 bits per heavy atom. The highest BCUT2D eigenvalue weighted by Gasteiger charge is 2.38. The highest BCUT2D eigenvalue weighted by atomic mass is 16.6. The van der Waals surface area contributed by atoms with Crippen LogP contribution in [0.25, 0.3) is 0 Å².